The van der Waals surface area contributed by atoms with Crippen LogP contribution in [0.25, 0.3) is 0 Å². The molecular weight excluding hydrogens is 272 g/mol. The molecule has 3 nitrogen and oxygen atoms in total. The molecule has 120 valence electrons. The second-order valence-electron chi connectivity index (χ2n) is 7.05. The van der Waals surface area contributed by atoms with E-state index in [1.54, 1.807) is 0 Å². The number of hydrogen-bond acceptors (Lipinski definition) is 2. The second-order valence-corrected chi connectivity index (χ2v) is 7.05. The SMILES string of the molecule is CCC(C)(C)C1CCC(=NNC(=O)c2ccccc2C)CC1. The highest BCUT2D eigenvalue weighted by Gasteiger charge is 2.30. The molecule has 22 heavy (non-hydrogen) atoms. The van der Waals surface area contributed by atoms with Crippen molar-refractivity contribution in [2.75, 3.05) is 0 Å². The minimum atomic E-state index is -0.110. The Morgan fingerprint density at radius 1 is 1.27 bits per heavy atom. The molecule has 1 fully saturated rings. The molecule has 0 heterocycles. The Balaban J connectivity index is 1.91. The lowest BCUT2D eigenvalue weighted by Gasteiger charge is -2.36. The van der Waals surface area contributed by atoms with Crippen LogP contribution in [0.5, 0.6) is 0 Å². The highest BCUT2D eigenvalue weighted by molar-refractivity contribution is 5.96. The molecule has 1 saturated carbocycles. The zero-order chi connectivity index (χ0) is 16.2. The smallest absolute Gasteiger partial charge is 0.267 e. The quantitative estimate of drug-likeness (QED) is 0.804. The number of carbonyl (C=O) groups excluding carboxylic acids is 1. The van der Waals surface area contributed by atoms with Crippen LogP contribution < -0.4 is 5.43 Å². The average Bonchev–Trinajstić information content (AvgIpc) is 2.53. The molecule has 2 rings (SSSR count). The molecule has 0 spiro atoms. The predicted octanol–water partition coefficient (Wildman–Crippen LogP) is 4.71. The van der Waals surface area contributed by atoms with E-state index < -0.39 is 0 Å². The summed E-state index contributed by atoms with van der Waals surface area (Å²) in [6.07, 6.45) is 5.58. The molecule has 0 radical (unpaired) electrons. The molecule has 0 bridgehead atoms. The van der Waals surface area contributed by atoms with Gasteiger partial charge in [0.25, 0.3) is 5.91 Å². The van der Waals surface area contributed by atoms with Crippen LogP contribution in [0.3, 0.4) is 0 Å². The minimum absolute atomic E-state index is 0.110. The summed E-state index contributed by atoms with van der Waals surface area (Å²) in [6, 6.07) is 7.60. The van der Waals surface area contributed by atoms with Crippen molar-refractivity contribution in [1.29, 1.82) is 0 Å². The van der Waals surface area contributed by atoms with Crippen molar-refractivity contribution in [2.45, 2.75) is 59.8 Å². The summed E-state index contributed by atoms with van der Waals surface area (Å²) in [5, 5.41) is 4.36. The molecule has 1 aromatic carbocycles. The minimum Gasteiger partial charge on any atom is -0.267 e. The van der Waals surface area contributed by atoms with Crippen LogP contribution in [0.15, 0.2) is 29.4 Å². The second kappa shape index (κ2) is 7.08. The van der Waals surface area contributed by atoms with Crippen LogP contribution in [-0.4, -0.2) is 11.6 Å². The van der Waals surface area contributed by atoms with Gasteiger partial charge in [-0.1, -0.05) is 45.4 Å². The van der Waals surface area contributed by atoms with E-state index in [0.29, 0.717) is 11.0 Å². The number of amides is 1. The van der Waals surface area contributed by atoms with Gasteiger partial charge < -0.3 is 0 Å². The van der Waals surface area contributed by atoms with Gasteiger partial charge in [0, 0.05) is 11.3 Å². The Labute approximate surface area is 134 Å². The van der Waals surface area contributed by atoms with Gasteiger partial charge in [0.05, 0.1) is 0 Å². The van der Waals surface area contributed by atoms with Gasteiger partial charge in [0.1, 0.15) is 0 Å². The van der Waals surface area contributed by atoms with Crippen LogP contribution in [0.4, 0.5) is 0 Å². The van der Waals surface area contributed by atoms with E-state index >= 15 is 0 Å². The molecule has 1 N–H and O–H groups in total. The first kappa shape index (κ1) is 16.7. The predicted molar refractivity (Wildman–Crippen MR) is 92.1 cm³/mol. The largest absolute Gasteiger partial charge is 0.271 e. The number of benzene rings is 1. The van der Waals surface area contributed by atoms with Crippen LogP contribution in [0.2, 0.25) is 0 Å². The lowest BCUT2D eigenvalue weighted by Crippen LogP contribution is -2.29. The Hall–Kier alpha value is -1.64. The molecule has 0 unspecified atom stereocenters. The van der Waals surface area contributed by atoms with Crippen molar-refractivity contribution in [2.24, 2.45) is 16.4 Å². The van der Waals surface area contributed by atoms with Crippen molar-refractivity contribution < 1.29 is 4.79 Å². The Kier molecular flexibility index (Phi) is 5.38. The topological polar surface area (TPSA) is 41.5 Å². The van der Waals surface area contributed by atoms with Gasteiger partial charge in [-0.2, -0.15) is 5.10 Å². The third-order valence-electron chi connectivity index (χ3n) is 5.28. The standard InChI is InChI=1S/C19H28N2O/c1-5-19(3,4)15-10-12-16(13-11-15)20-21-18(22)17-9-7-6-8-14(17)2/h6-9,15H,5,10-13H2,1-4H3,(H,21,22). The molecule has 0 atom stereocenters. The number of nitrogens with zero attached hydrogens (tertiary/aromatic N) is 1. The number of carbonyl (C=O) groups is 1. The van der Waals surface area contributed by atoms with Gasteiger partial charge in [0.2, 0.25) is 0 Å². The maximum absolute atomic E-state index is 12.2. The van der Waals surface area contributed by atoms with E-state index in [9.17, 15) is 4.79 Å². The highest BCUT2D eigenvalue weighted by atomic mass is 16.2. The third-order valence-corrected chi connectivity index (χ3v) is 5.28. The normalized spacial score (nSPS) is 18.9. The molecule has 1 aliphatic carbocycles. The summed E-state index contributed by atoms with van der Waals surface area (Å²) in [7, 11) is 0. The first-order valence-corrected chi connectivity index (χ1v) is 8.35. The molecule has 0 aliphatic heterocycles. The summed E-state index contributed by atoms with van der Waals surface area (Å²) in [5.74, 6) is 0.658. The van der Waals surface area contributed by atoms with E-state index in [1.807, 2.05) is 31.2 Å². The molecule has 1 aromatic rings. The zero-order valence-electron chi connectivity index (χ0n) is 14.3. The fourth-order valence-corrected chi connectivity index (χ4v) is 3.15. The average molecular weight is 300 g/mol. The fraction of sp³-hybridized carbons (Fsp3) is 0.579. The molecule has 0 aromatic heterocycles. The van der Waals surface area contributed by atoms with Gasteiger partial charge in [-0.05, 0) is 55.6 Å². The summed E-state index contributed by atoms with van der Waals surface area (Å²) in [4.78, 5) is 12.2. The van der Waals surface area contributed by atoms with Gasteiger partial charge in [-0.25, -0.2) is 5.43 Å². The van der Waals surface area contributed by atoms with E-state index in [-0.39, 0.29) is 5.91 Å². The van der Waals surface area contributed by atoms with Gasteiger partial charge in [-0.15, -0.1) is 0 Å². The Bertz CT molecular complexity index is 550. The van der Waals surface area contributed by atoms with Crippen molar-refractivity contribution in [3.05, 3.63) is 35.4 Å². The van der Waals surface area contributed by atoms with Gasteiger partial charge in [0.15, 0.2) is 0 Å². The van der Waals surface area contributed by atoms with Crippen molar-refractivity contribution in [3.8, 4) is 0 Å². The van der Waals surface area contributed by atoms with Crippen molar-refractivity contribution >= 4 is 11.6 Å². The molecule has 3 heteroatoms. The number of nitrogens with one attached hydrogen (secondary N) is 1. The van der Waals surface area contributed by atoms with E-state index in [0.717, 1.165) is 30.0 Å². The van der Waals surface area contributed by atoms with Crippen LogP contribution in [-0.2, 0) is 0 Å². The monoisotopic (exact) mass is 300 g/mol. The van der Waals surface area contributed by atoms with Crippen LogP contribution in [0.1, 0.15) is 68.8 Å². The lowest BCUT2D eigenvalue weighted by atomic mass is 9.69. The van der Waals surface area contributed by atoms with E-state index in [2.05, 4.69) is 31.3 Å². The fourth-order valence-electron chi connectivity index (χ4n) is 3.15. The Morgan fingerprint density at radius 2 is 1.91 bits per heavy atom. The summed E-state index contributed by atoms with van der Waals surface area (Å²) < 4.78 is 0. The van der Waals surface area contributed by atoms with Crippen molar-refractivity contribution in [1.82, 2.24) is 5.43 Å². The zero-order valence-corrected chi connectivity index (χ0v) is 14.3. The number of hydrogen-bond donors (Lipinski definition) is 1. The first-order chi connectivity index (χ1) is 10.4. The summed E-state index contributed by atoms with van der Waals surface area (Å²) in [5.41, 5.74) is 5.95. The van der Waals surface area contributed by atoms with Crippen molar-refractivity contribution in [3.63, 3.8) is 0 Å². The summed E-state index contributed by atoms with van der Waals surface area (Å²) in [6.45, 7) is 8.94. The summed E-state index contributed by atoms with van der Waals surface area (Å²) >= 11 is 0. The van der Waals surface area contributed by atoms with Crippen LogP contribution >= 0.6 is 0 Å². The van der Waals surface area contributed by atoms with Gasteiger partial charge in [-0.3, -0.25) is 4.79 Å². The third kappa shape index (κ3) is 3.96. The van der Waals surface area contributed by atoms with E-state index in [4.69, 9.17) is 0 Å². The number of aryl methyl sites for hydroxylation is 1. The molecule has 1 aliphatic rings. The Morgan fingerprint density at radius 3 is 2.50 bits per heavy atom. The maximum Gasteiger partial charge on any atom is 0.271 e. The highest BCUT2D eigenvalue weighted by Crippen LogP contribution is 2.39. The number of rotatable bonds is 4. The van der Waals surface area contributed by atoms with Gasteiger partial charge >= 0.3 is 0 Å². The van der Waals surface area contributed by atoms with E-state index in [1.165, 1.54) is 19.3 Å². The lowest BCUT2D eigenvalue weighted by molar-refractivity contribution is 0.0953. The van der Waals surface area contributed by atoms with Crippen LogP contribution in [0, 0.1) is 18.3 Å². The molecular formula is C19H28N2O. The number of hydrazone groups is 1. The molecule has 1 amide bonds. The molecule has 0 saturated heterocycles. The maximum atomic E-state index is 12.2. The first-order valence-electron chi connectivity index (χ1n) is 8.35.